The maximum atomic E-state index is 11.6. The van der Waals surface area contributed by atoms with Gasteiger partial charge in [0, 0.05) is 19.1 Å². The van der Waals surface area contributed by atoms with Gasteiger partial charge in [-0.2, -0.15) is 0 Å². The van der Waals surface area contributed by atoms with Crippen LogP contribution >= 0.6 is 0 Å². The summed E-state index contributed by atoms with van der Waals surface area (Å²) in [7, 11) is 1.44. The fourth-order valence-electron chi connectivity index (χ4n) is 2.19. The third kappa shape index (κ3) is 1.97. The van der Waals surface area contributed by atoms with Gasteiger partial charge in [0.05, 0.1) is 0 Å². The molecule has 1 aliphatic carbocycles. The van der Waals surface area contributed by atoms with Crippen LogP contribution < -0.4 is 0 Å². The number of benzene rings is 1. The van der Waals surface area contributed by atoms with Crippen LogP contribution in [-0.4, -0.2) is 23.8 Å². The molecule has 18 heavy (non-hydrogen) atoms. The monoisotopic (exact) mass is 244 g/mol. The van der Waals surface area contributed by atoms with E-state index in [0.29, 0.717) is 12.0 Å². The lowest BCUT2D eigenvalue weighted by molar-refractivity contribution is -0.154. The van der Waals surface area contributed by atoms with Crippen LogP contribution in [0.5, 0.6) is 0 Å². The van der Waals surface area contributed by atoms with E-state index in [4.69, 9.17) is 4.74 Å². The van der Waals surface area contributed by atoms with Crippen LogP contribution in [0.15, 0.2) is 42.5 Å². The van der Waals surface area contributed by atoms with Gasteiger partial charge in [-0.15, -0.1) is 0 Å². The standard InChI is InChI=1S/C15H16O3/c1-11-6-8-12(9-7-11)13-5-3-4-10-15(13,18-2)14(16)17/h3-9H,10H2,1-2H3,(H,16,17). The number of carbonyl (C=O) groups is 1. The van der Waals surface area contributed by atoms with Crippen LogP contribution in [0.25, 0.3) is 5.57 Å². The number of carboxylic acid groups (broad SMARTS) is 1. The normalized spacial score (nSPS) is 22.7. The SMILES string of the molecule is COC1(C(=O)O)CC=CC=C1c1ccc(C)cc1. The zero-order valence-corrected chi connectivity index (χ0v) is 10.5. The molecule has 1 unspecified atom stereocenters. The van der Waals surface area contributed by atoms with Gasteiger partial charge in [0.1, 0.15) is 0 Å². The van der Waals surface area contributed by atoms with Crippen molar-refractivity contribution >= 4 is 11.5 Å². The second-order valence-electron chi connectivity index (χ2n) is 4.41. The van der Waals surface area contributed by atoms with E-state index in [1.807, 2.05) is 49.4 Å². The minimum absolute atomic E-state index is 0.346. The quantitative estimate of drug-likeness (QED) is 0.889. The molecular formula is C15H16O3. The first-order valence-electron chi connectivity index (χ1n) is 5.83. The van der Waals surface area contributed by atoms with Crippen LogP contribution in [0.3, 0.4) is 0 Å². The minimum Gasteiger partial charge on any atom is -0.479 e. The molecule has 0 fully saturated rings. The highest BCUT2D eigenvalue weighted by molar-refractivity contribution is 5.96. The van der Waals surface area contributed by atoms with E-state index in [1.54, 1.807) is 0 Å². The highest BCUT2D eigenvalue weighted by Crippen LogP contribution is 2.36. The van der Waals surface area contributed by atoms with Gasteiger partial charge in [-0.1, -0.05) is 48.1 Å². The Morgan fingerprint density at radius 3 is 2.56 bits per heavy atom. The molecule has 0 radical (unpaired) electrons. The Bertz CT molecular complexity index is 511. The van der Waals surface area contributed by atoms with E-state index in [1.165, 1.54) is 7.11 Å². The first kappa shape index (κ1) is 12.6. The molecule has 1 aliphatic rings. The number of aryl methyl sites for hydroxylation is 1. The molecule has 1 aromatic carbocycles. The summed E-state index contributed by atoms with van der Waals surface area (Å²) in [4.78, 5) is 11.6. The molecule has 0 heterocycles. The Labute approximate surface area is 106 Å². The number of carboxylic acids is 1. The highest BCUT2D eigenvalue weighted by Gasteiger charge is 2.43. The smallest absolute Gasteiger partial charge is 0.341 e. The molecule has 3 heteroatoms. The number of hydrogen-bond acceptors (Lipinski definition) is 2. The van der Waals surface area contributed by atoms with Gasteiger partial charge < -0.3 is 9.84 Å². The third-order valence-corrected chi connectivity index (χ3v) is 3.30. The molecule has 1 N–H and O–H groups in total. The van der Waals surface area contributed by atoms with Crippen molar-refractivity contribution in [1.82, 2.24) is 0 Å². The Hall–Kier alpha value is -1.87. The number of hydrogen-bond donors (Lipinski definition) is 1. The van der Waals surface area contributed by atoms with Gasteiger partial charge in [0.2, 0.25) is 0 Å². The largest absolute Gasteiger partial charge is 0.479 e. The van der Waals surface area contributed by atoms with Gasteiger partial charge in [0.25, 0.3) is 0 Å². The maximum absolute atomic E-state index is 11.6. The summed E-state index contributed by atoms with van der Waals surface area (Å²) in [6, 6.07) is 7.79. The first-order chi connectivity index (χ1) is 8.60. The molecule has 3 nitrogen and oxygen atoms in total. The molecule has 0 aliphatic heterocycles. The number of aliphatic carboxylic acids is 1. The predicted octanol–water partition coefficient (Wildman–Crippen LogP) is 2.81. The lowest BCUT2D eigenvalue weighted by atomic mass is 9.82. The van der Waals surface area contributed by atoms with Crippen LogP contribution in [0, 0.1) is 6.92 Å². The predicted molar refractivity (Wildman–Crippen MR) is 70.3 cm³/mol. The van der Waals surface area contributed by atoms with Gasteiger partial charge in [-0.25, -0.2) is 4.79 Å². The van der Waals surface area contributed by atoms with Crippen LogP contribution in [0.1, 0.15) is 17.5 Å². The first-order valence-corrected chi connectivity index (χ1v) is 5.83. The average molecular weight is 244 g/mol. The van der Waals surface area contributed by atoms with Gasteiger partial charge >= 0.3 is 5.97 Å². The van der Waals surface area contributed by atoms with E-state index in [0.717, 1.165) is 11.1 Å². The number of methoxy groups -OCH3 is 1. The summed E-state index contributed by atoms with van der Waals surface area (Å²) in [6.45, 7) is 2.00. The third-order valence-electron chi connectivity index (χ3n) is 3.30. The summed E-state index contributed by atoms with van der Waals surface area (Å²) >= 11 is 0. The van der Waals surface area contributed by atoms with E-state index in [9.17, 15) is 9.90 Å². The molecule has 0 amide bonds. The molecule has 0 bridgehead atoms. The molecule has 1 atom stereocenters. The molecule has 0 saturated carbocycles. The van der Waals surface area contributed by atoms with Gasteiger partial charge in [-0.3, -0.25) is 0 Å². The van der Waals surface area contributed by atoms with E-state index in [2.05, 4.69) is 0 Å². The molecule has 0 spiro atoms. The Morgan fingerprint density at radius 2 is 2.00 bits per heavy atom. The van der Waals surface area contributed by atoms with Crippen molar-refractivity contribution in [1.29, 1.82) is 0 Å². The Balaban J connectivity index is 2.51. The zero-order valence-electron chi connectivity index (χ0n) is 10.5. The Morgan fingerprint density at radius 1 is 1.33 bits per heavy atom. The fourth-order valence-corrected chi connectivity index (χ4v) is 2.19. The maximum Gasteiger partial charge on any atom is 0.341 e. The summed E-state index contributed by atoms with van der Waals surface area (Å²) in [6.07, 6.45) is 5.84. The van der Waals surface area contributed by atoms with E-state index < -0.39 is 11.6 Å². The molecule has 2 rings (SSSR count). The van der Waals surface area contributed by atoms with Crippen molar-refractivity contribution in [2.75, 3.05) is 7.11 Å². The Kier molecular flexibility index (Phi) is 3.34. The molecule has 0 saturated heterocycles. The lowest BCUT2D eigenvalue weighted by Crippen LogP contribution is -2.42. The van der Waals surface area contributed by atoms with Gasteiger partial charge in [0.15, 0.2) is 5.60 Å². The molecule has 0 aromatic heterocycles. The molecule has 94 valence electrons. The number of allylic oxidation sites excluding steroid dienone is 2. The van der Waals surface area contributed by atoms with Crippen molar-refractivity contribution < 1.29 is 14.6 Å². The van der Waals surface area contributed by atoms with Crippen LogP contribution in [0.2, 0.25) is 0 Å². The van der Waals surface area contributed by atoms with E-state index >= 15 is 0 Å². The highest BCUT2D eigenvalue weighted by atomic mass is 16.5. The fraction of sp³-hybridized carbons (Fsp3) is 0.267. The van der Waals surface area contributed by atoms with Crippen LogP contribution in [0.4, 0.5) is 0 Å². The minimum atomic E-state index is -1.27. The number of rotatable bonds is 3. The number of ether oxygens (including phenoxy) is 1. The molecular weight excluding hydrogens is 228 g/mol. The van der Waals surface area contributed by atoms with Crippen molar-refractivity contribution in [2.24, 2.45) is 0 Å². The summed E-state index contributed by atoms with van der Waals surface area (Å²) in [5, 5.41) is 9.48. The summed E-state index contributed by atoms with van der Waals surface area (Å²) in [5.41, 5.74) is 1.45. The second kappa shape index (κ2) is 4.78. The zero-order chi connectivity index (χ0) is 13.2. The summed E-state index contributed by atoms with van der Waals surface area (Å²) in [5.74, 6) is -0.957. The van der Waals surface area contributed by atoms with Crippen molar-refractivity contribution in [2.45, 2.75) is 18.9 Å². The van der Waals surface area contributed by atoms with Gasteiger partial charge in [-0.05, 0) is 12.5 Å². The lowest BCUT2D eigenvalue weighted by Gasteiger charge is -2.31. The summed E-state index contributed by atoms with van der Waals surface area (Å²) < 4.78 is 5.32. The van der Waals surface area contributed by atoms with Crippen molar-refractivity contribution in [3.8, 4) is 0 Å². The molecule has 1 aromatic rings. The van der Waals surface area contributed by atoms with E-state index in [-0.39, 0.29) is 0 Å². The second-order valence-corrected chi connectivity index (χ2v) is 4.41. The van der Waals surface area contributed by atoms with Crippen molar-refractivity contribution in [3.05, 3.63) is 53.6 Å². The topological polar surface area (TPSA) is 46.5 Å². The average Bonchev–Trinajstić information content (AvgIpc) is 2.39. The van der Waals surface area contributed by atoms with Crippen molar-refractivity contribution in [3.63, 3.8) is 0 Å². The van der Waals surface area contributed by atoms with Crippen LogP contribution in [-0.2, 0) is 9.53 Å².